The van der Waals surface area contributed by atoms with Gasteiger partial charge in [0.1, 0.15) is 11.1 Å². The molecular weight excluding hydrogens is 360 g/mol. The monoisotopic (exact) mass is 390 g/mol. The molecule has 2 rings (SSSR count). The van der Waals surface area contributed by atoms with Gasteiger partial charge in [-0.25, -0.2) is 9.98 Å². The van der Waals surface area contributed by atoms with Crippen molar-refractivity contribution in [2.24, 2.45) is 4.99 Å². The molecule has 0 saturated heterocycles. The number of methoxy groups -OCH3 is 2. The van der Waals surface area contributed by atoms with E-state index in [1.165, 1.54) is 11.1 Å². The van der Waals surface area contributed by atoms with Gasteiger partial charge in [0.2, 0.25) is 0 Å². The van der Waals surface area contributed by atoms with Crippen LogP contribution in [0.4, 0.5) is 0 Å². The predicted octanol–water partition coefficient (Wildman–Crippen LogP) is 3.59. The van der Waals surface area contributed by atoms with Gasteiger partial charge < -0.3 is 19.7 Å². The summed E-state index contributed by atoms with van der Waals surface area (Å²) in [6.07, 6.45) is 0.0250. The average molecular weight is 391 g/mol. The Morgan fingerprint density at radius 2 is 1.96 bits per heavy atom. The van der Waals surface area contributed by atoms with Gasteiger partial charge in [-0.05, 0) is 25.0 Å². The summed E-state index contributed by atoms with van der Waals surface area (Å²) in [7, 11) is 5.44. The summed E-state index contributed by atoms with van der Waals surface area (Å²) in [6, 6.07) is 8.36. The van der Waals surface area contributed by atoms with Crippen molar-refractivity contribution in [3.8, 4) is 0 Å². The van der Waals surface area contributed by atoms with Crippen LogP contribution in [0.25, 0.3) is 0 Å². The summed E-state index contributed by atoms with van der Waals surface area (Å²) >= 11 is 1.63. The van der Waals surface area contributed by atoms with Gasteiger partial charge in [-0.3, -0.25) is 0 Å². The van der Waals surface area contributed by atoms with Crippen molar-refractivity contribution in [2.75, 3.05) is 27.8 Å². The lowest BCUT2D eigenvalue weighted by Crippen LogP contribution is -2.38. The summed E-state index contributed by atoms with van der Waals surface area (Å²) in [6.45, 7) is 6.86. The summed E-state index contributed by atoms with van der Waals surface area (Å²) in [5, 5.41) is 6.43. The molecule has 0 bridgehead atoms. The number of nitrogens with one attached hydrogen (secondary N) is 1. The molecule has 2 aromatic rings. The second-order valence-electron chi connectivity index (χ2n) is 6.33. The van der Waals surface area contributed by atoms with Gasteiger partial charge in [0.15, 0.2) is 5.96 Å². The Bertz CT molecular complexity index is 715. The molecule has 1 unspecified atom stereocenters. The van der Waals surface area contributed by atoms with Crippen LogP contribution in [0.5, 0.6) is 0 Å². The highest BCUT2D eigenvalue weighted by molar-refractivity contribution is 7.09. The molecule has 0 aliphatic carbocycles. The SMILES string of the molecule is CCNC(=NCc1ccc(COC)cc1)N(C)Cc1csc(C(C)OC)n1. The third-order valence-electron chi connectivity index (χ3n) is 4.11. The van der Waals surface area contributed by atoms with E-state index in [9.17, 15) is 0 Å². The zero-order chi connectivity index (χ0) is 19.6. The van der Waals surface area contributed by atoms with Crippen molar-refractivity contribution in [3.05, 3.63) is 51.5 Å². The van der Waals surface area contributed by atoms with Crippen LogP contribution in [0.2, 0.25) is 0 Å². The van der Waals surface area contributed by atoms with Gasteiger partial charge in [-0.15, -0.1) is 11.3 Å². The third kappa shape index (κ3) is 6.61. The smallest absolute Gasteiger partial charge is 0.194 e. The molecule has 148 valence electrons. The maximum Gasteiger partial charge on any atom is 0.194 e. The van der Waals surface area contributed by atoms with Crippen molar-refractivity contribution in [1.29, 1.82) is 0 Å². The van der Waals surface area contributed by atoms with Crippen LogP contribution in [0.3, 0.4) is 0 Å². The zero-order valence-corrected chi connectivity index (χ0v) is 17.7. The Morgan fingerprint density at radius 1 is 1.26 bits per heavy atom. The van der Waals surface area contributed by atoms with Gasteiger partial charge in [0.25, 0.3) is 0 Å². The number of rotatable bonds is 9. The van der Waals surface area contributed by atoms with E-state index in [2.05, 4.69) is 51.8 Å². The standard InChI is InChI=1S/C20H30N4O2S/c1-6-21-20(22-11-16-7-9-17(10-8-16)13-25-4)24(3)12-18-14-27-19(23-18)15(2)26-5/h7-10,14-15H,6,11-13H2,1-5H3,(H,21,22). The number of guanidine groups is 1. The maximum absolute atomic E-state index is 5.34. The van der Waals surface area contributed by atoms with E-state index in [1.807, 2.05) is 14.0 Å². The first-order chi connectivity index (χ1) is 13.1. The van der Waals surface area contributed by atoms with E-state index in [-0.39, 0.29) is 6.10 Å². The molecule has 1 atom stereocenters. The second-order valence-corrected chi connectivity index (χ2v) is 7.22. The normalized spacial score (nSPS) is 12.9. The van der Waals surface area contributed by atoms with Crippen LogP contribution in [0.15, 0.2) is 34.6 Å². The Balaban J connectivity index is 2.01. The average Bonchev–Trinajstić information content (AvgIpc) is 3.14. The molecule has 7 heteroatoms. The first kappa shape index (κ1) is 21.3. The molecule has 1 heterocycles. The van der Waals surface area contributed by atoms with E-state index >= 15 is 0 Å². The molecule has 0 spiro atoms. The van der Waals surface area contributed by atoms with Crippen LogP contribution >= 0.6 is 11.3 Å². The van der Waals surface area contributed by atoms with Crippen LogP contribution < -0.4 is 5.32 Å². The molecule has 0 aliphatic rings. The highest BCUT2D eigenvalue weighted by Gasteiger charge is 2.12. The number of aromatic nitrogens is 1. The molecule has 1 aromatic carbocycles. The number of hydrogen-bond donors (Lipinski definition) is 1. The van der Waals surface area contributed by atoms with E-state index < -0.39 is 0 Å². The Morgan fingerprint density at radius 3 is 2.59 bits per heavy atom. The maximum atomic E-state index is 5.34. The van der Waals surface area contributed by atoms with Crippen molar-refractivity contribution >= 4 is 17.3 Å². The highest BCUT2D eigenvalue weighted by Crippen LogP contribution is 2.21. The number of benzene rings is 1. The van der Waals surface area contributed by atoms with Crippen molar-refractivity contribution in [1.82, 2.24) is 15.2 Å². The first-order valence-electron chi connectivity index (χ1n) is 9.10. The summed E-state index contributed by atoms with van der Waals surface area (Å²) in [5.41, 5.74) is 3.36. The van der Waals surface area contributed by atoms with Gasteiger partial charge in [-0.1, -0.05) is 24.3 Å². The zero-order valence-electron chi connectivity index (χ0n) is 16.9. The van der Waals surface area contributed by atoms with Crippen molar-refractivity contribution < 1.29 is 9.47 Å². The molecule has 0 aliphatic heterocycles. The fourth-order valence-electron chi connectivity index (χ4n) is 2.54. The van der Waals surface area contributed by atoms with Crippen LogP contribution in [-0.4, -0.2) is 43.7 Å². The van der Waals surface area contributed by atoms with E-state index in [1.54, 1.807) is 25.6 Å². The van der Waals surface area contributed by atoms with Crippen LogP contribution in [-0.2, 0) is 29.2 Å². The quantitative estimate of drug-likeness (QED) is 0.524. The summed E-state index contributed by atoms with van der Waals surface area (Å²) in [5.74, 6) is 0.868. The number of aliphatic imine (C=N–C) groups is 1. The van der Waals surface area contributed by atoms with Crippen molar-refractivity contribution in [3.63, 3.8) is 0 Å². The predicted molar refractivity (Wildman–Crippen MR) is 111 cm³/mol. The minimum Gasteiger partial charge on any atom is -0.380 e. The second kappa shape index (κ2) is 11.0. The minimum absolute atomic E-state index is 0.0250. The van der Waals surface area contributed by atoms with Gasteiger partial charge in [0.05, 0.1) is 25.4 Å². The van der Waals surface area contributed by atoms with E-state index in [0.29, 0.717) is 19.7 Å². The summed E-state index contributed by atoms with van der Waals surface area (Å²) in [4.78, 5) is 11.5. The van der Waals surface area contributed by atoms with E-state index in [4.69, 9.17) is 14.5 Å². The number of thiazole rings is 1. The largest absolute Gasteiger partial charge is 0.380 e. The van der Waals surface area contributed by atoms with Gasteiger partial charge >= 0.3 is 0 Å². The molecular formula is C20H30N4O2S. The first-order valence-corrected chi connectivity index (χ1v) is 9.98. The molecule has 0 saturated carbocycles. The number of nitrogens with zero attached hydrogens (tertiary/aromatic N) is 3. The Labute approximate surface area is 166 Å². The topological polar surface area (TPSA) is 59.0 Å². The lowest BCUT2D eigenvalue weighted by molar-refractivity contribution is 0.119. The lowest BCUT2D eigenvalue weighted by atomic mass is 10.1. The molecule has 0 fully saturated rings. The molecule has 1 aromatic heterocycles. The number of ether oxygens (including phenoxy) is 2. The van der Waals surface area contributed by atoms with Crippen LogP contribution in [0, 0.1) is 0 Å². The van der Waals surface area contributed by atoms with E-state index in [0.717, 1.165) is 23.2 Å². The fraction of sp³-hybridized carbons (Fsp3) is 0.500. The minimum atomic E-state index is 0.0250. The Kier molecular flexibility index (Phi) is 8.71. The molecule has 1 N–H and O–H groups in total. The third-order valence-corrected chi connectivity index (χ3v) is 5.17. The molecule has 6 nitrogen and oxygen atoms in total. The number of hydrogen-bond acceptors (Lipinski definition) is 5. The van der Waals surface area contributed by atoms with Gasteiger partial charge in [0, 0.05) is 33.2 Å². The van der Waals surface area contributed by atoms with Crippen molar-refractivity contribution in [2.45, 2.75) is 39.6 Å². The van der Waals surface area contributed by atoms with Crippen LogP contribution in [0.1, 0.15) is 41.8 Å². The molecule has 27 heavy (non-hydrogen) atoms. The van der Waals surface area contributed by atoms with Gasteiger partial charge in [-0.2, -0.15) is 0 Å². The Hall–Kier alpha value is -1.96. The molecule has 0 radical (unpaired) electrons. The highest BCUT2D eigenvalue weighted by atomic mass is 32.1. The summed E-state index contributed by atoms with van der Waals surface area (Å²) < 4.78 is 10.5. The molecule has 0 amide bonds. The fourth-order valence-corrected chi connectivity index (χ4v) is 3.39. The lowest BCUT2D eigenvalue weighted by Gasteiger charge is -2.21.